The van der Waals surface area contributed by atoms with E-state index >= 15 is 0 Å². The number of nitrogens with two attached hydrogens (primary N) is 1. The Balaban J connectivity index is 1.61. The third-order valence-electron chi connectivity index (χ3n) is 6.25. The predicted molar refractivity (Wildman–Crippen MR) is 130 cm³/mol. The van der Waals surface area contributed by atoms with Gasteiger partial charge in [-0.05, 0) is 30.7 Å². The first-order chi connectivity index (χ1) is 16.6. The van der Waals surface area contributed by atoms with Gasteiger partial charge in [0, 0.05) is 36.2 Å². The third-order valence-corrected chi connectivity index (χ3v) is 6.25. The third kappa shape index (κ3) is 3.92. The van der Waals surface area contributed by atoms with Crippen LogP contribution in [0.5, 0.6) is 0 Å². The van der Waals surface area contributed by atoms with Gasteiger partial charge in [-0.1, -0.05) is 36.4 Å². The molecule has 8 nitrogen and oxygen atoms in total. The summed E-state index contributed by atoms with van der Waals surface area (Å²) in [5.74, 6) is 1.21. The highest BCUT2D eigenvalue weighted by Gasteiger charge is 2.28. The second-order valence-corrected chi connectivity index (χ2v) is 8.42. The molecule has 5 rings (SSSR count). The molecule has 1 atom stereocenters. The Morgan fingerprint density at radius 1 is 1.24 bits per heavy atom. The molecule has 2 aromatic heterocycles. The summed E-state index contributed by atoms with van der Waals surface area (Å²) in [6.07, 6.45) is 0.479. The number of fused-ring (bicyclic) bond motifs is 2. The smallest absolute Gasteiger partial charge is 0.236 e. The van der Waals surface area contributed by atoms with Crippen molar-refractivity contribution in [3.8, 4) is 12.0 Å². The van der Waals surface area contributed by atoms with Crippen molar-refractivity contribution >= 4 is 22.5 Å². The summed E-state index contributed by atoms with van der Waals surface area (Å²) in [5, 5.41) is 17.1. The van der Waals surface area contributed by atoms with Gasteiger partial charge in [0.2, 0.25) is 5.95 Å². The van der Waals surface area contributed by atoms with Crippen molar-refractivity contribution in [2.24, 2.45) is 5.73 Å². The molecule has 34 heavy (non-hydrogen) atoms. The Morgan fingerprint density at radius 3 is 2.82 bits per heavy atom. The Kier molecular flexibility index (Phi) is 5.80. The number of hydrogen-bond acceptors (Lipinski definition) is 7. The lowest BCUT2D eigenvalue weighted by Gasteiger charge is -2.26. The van der Waals surface area contributed by atoms with Crippen molar-refractivity contribution in [3.63, 3.8) is 0 Å². The Morgan fingerprint density at radius 2 is 2.06 bits per heavy atom. The highest BCUT2D eigenvalue weighted by molar-refractivity contribution is 5.88. The molecule has 1 aliphatic rings. The van der Waals surface area contributed by atoms with E-state index < -0.39 is 0 Å². The number of carbonyl (C=O) groups excluding carboxylic acids is 1. The van der Waals surface area contributed by atoms with Crippen molar-refractivity contribution in [2.45, 2.75) is 32.5 Å². The molecule has 0 bridgehead atoms. The number of rotatable bonds is 6. The predicted octanol–water partition coefficient (Wildman–Crippen LogP) is 2.75. The van der Waals surface area contributed by atoms with Crippen molar-refractivity contribution in [2.75, 3.05) is 11.9 Å². The van der Waals surface area contributed by atoms with E-state index in [1.54, 1.807) is 0 Å². The number of aromatic nitrogens is 3. The van der Waals surface area contributed by atoms with Crippen LogP contribution < -0.4 is 16.4 Å². The van der Waals surface area contributed by atoms with Crippen LogP contribution in [0.1, 0.15) is 28.1 Å². The largest absolute Gasteiger partial charge is 0.366 e. The molecular weight excluding hydrogens is 426 g/mol. The zero-order chi connectivity index (χ0) is 23.7. The highest BCUT2D eigenvalue weighted by Crippen LogP contribution is 2.29. The van der Waals surface area contributed by atoms with E-state index in [0.717, 1.165) is 33.4 Å². The molecule has 0 amide bonds. The van der Waals surface area contributed by atoms with Crippen LogP contribution in [-0.2, 0) is 24.3 Å². The first kappa shape index (κ1) is 21.8. The Labute approximate surface area is 197 Å². The van der Waals surface area contributed by atoms with Gasteiger partial charge in [0.25, 0.3) is 0 Å². The maximum absolute atomic E-state index is 12.3. The maximum Gasteiger partial charge on any atom is 0.236 e. The number of Topliss-reactive ketones (excluding diaryl/α,β-unsaturated/α-hetero) is 1. The van der Waals surface area contributed by atoms with E-state index in [0.29, 0.717) is 36.8 Å². The summed E-state index contributed by atoms with van der Waals surface area (Å²) < 4.78 is 1.97. The van der Waals surface area contributed by atoms with Crippen LogP contribution in [0, 0.1) is 18.3 Å². The van der Waals surface area contributed by atoms with E-state index in [2.05, 4.69) is 28.8 Å². The quantitative estimate of drug-likeness (QED) is 0.412. The van der Waals surface area contributed by atoms with Crippen LogP contribution in [-0.4, -0.2) is 32.9 Å². The number of nitriles is 1. The number of anilines is 1. The summed E-state index contributed by atoms with van der Waals surface area (Å²) in [6.45, 7) is 3.02. The summed E-state index contributed by atoms with van der Waals surface area (Å²) in [4.78, 5) is 22.1. The highest BCUT2D eigenvalue weighted by atomic mass is 16.1. The topological polar surface area (TPSA) is 122 Å². The lowest BCUT2D eigenvalue weighted by Crippen LogP contribution is -2.45. The number of benzene rings is 2. The van der Waals surface area contributed by atoms with Crippen LogP contribution in [0.25, 0.3) is 16.9 Å². The molecule has 0 saturated heterocycles. The van der Waals surface area contributed by atoms with Crippen molar-refractivity contribution in [1.29, 1.82) is 5.26 Å². The number of hydrogen-bond donors (Lipinski definition) is 3. The molecule has 0 spiro atoms. The van der Waals surface area contributed by atoms with Gasteiger partial charge < -0.3 is 16.4 Å². The molecule has 1 aliphatic heterocycles. The molecular formula is C26H25N7O. The van der Waals surface area contributed by atoms with Gasteiger partial charge in [0.05, 0.1) is 35.4 Å². The Bertz CT molecular complexity index is 1420. The number of nitrogens with one attached hydrogen (secondary N) is 2. The first-order valence-electron chi connectivity index (χ1n) is 11.2. The number of carbonyl (C=O) groups is 1. The van der Waals surface area contributed by atoms with Gasteiger partial charge >= 0.3 is 0 Å². The number of nitrogens with zero attached hydrogens (tertiary/aromatic N) is 4. The molecule has 0 aliphatic carbocycles. The van der Waals surface area contributed by atoms with E-state index in [-0.39, 0.29) is 18.4 Å². The zero-order valence-corrected chi connectivity index (χ0v) is 18.9. The zero-order valence-electron chi connectivity index (χ0n) is 18.9. The van der Waals surface area contributed by atoms with Crippen LogP contribution in [0.3, 0.4) is 0 Å². The minimum Gasteiger partial charge on any atom is -0.366 e. The van der Waals surface area contributed by atoms with Gasteiger partial charge in [-0.25, -0.2) is 4.98 Å². The fraction of sp³-hybridized carbons (Fsp3) is 0.231. The summed E-state index contributed by atoms with van der Waals surface area (Å²) in [6, 6.07) is 19.6. The van der Waals surface area contributed by atoms with Gasteiger partial charge in [0.15, 0.2) is 5.78 Å². The monoisotopic (exact) mass is 451 g/mol. The SMILES string of the molecule is Cc1cc2c(C#N)cccc2n1-c1nc2c(c(NCc3ccccc3)n1)CC(C(=O)CN)NC2. The van der Waals surface area contributed by atoms with Gasteiger partial charge in [-0.3, -0.25) is 9.36 Å². The average molecular weight is 452 g/mol. The molecule has 170 valence electrons. The summed E-state index contributed by atoms with van der Waals surface area (Å²) in [5.41, 5.74) is 10.9. The minimum absolute atomic E-state index is 0.00546. The standard InChI is InChI=1S/C26H25N7O/c1-16-10-19-18(12-27)8-5-9-23(19)33(16)26-31-22-15-29-21(24(34)13-28)11-20(22)25(32-26)30-14-17-6-3-2-4-7-17/h2-10,21,29H,11,13-15,28H2,1H3,(H,30,31,32). The molecule has 1 unspecified atom stereocenters. The fourth-order valence-electron chi connectivity index (χ4n) is 4.50. The second-order valence-electron chi connectivity index (χ2n) is 8.42. The normalized spacial score (nSPS) is 15.0. The van der Waals surface area contributed by atoms with Crippen molar-refractivity contribution in [3.05, 3.63) is 82.7 Å². The lowest BCUT2D eigenvalue weighted by molar-refractivity contribution is -0.119. The number of ketones is 1. The van der Waals surface area contributed by atoms with E-state index in [9.17, 15) is 10.1 Å². The van der Waals surface area contributed by atoms with Crippen LogP contribution in [0.4, 0.5) is 5.82 Å². The molecule has 3 heterocycles. The fourth-order valence-corrected chi connectivity index (χ4v) is 4.50. The molecule has 0 radical (unpaired) electrons. The molecule has 4 aromatic rings. The van der Waals surface area contributed by atoms with E-state index in [4.69, 9.17) is 15.7 Å². The molecule has 0 fully saturated rings. The second kappa shape index (κ2) is 9.06. The van der Waals surface area contributed by atoms with E-state index in [1.807, 2.05) is 54.0 Å². The van der Waals surface area contributed by atoms with Crippen molar-refractivity contribution in [1.82, 2.24) is 19.9 Å². The van der Waals surface area contributed by atoms with Crippen LogP contribution in [0.2, 0.25) is 0 Å². The van der Waals surface area contributed by atoms with Gasteiger partial charge in [-0.15, -0.1) is 0 Å². The molecule has 8 heteroatoms. The van der Waals surface area contributed by atoms with Gasteiger partial charge in [-0.2, -0.15) is 10.2 Å². The van der Waals surface area contributed by atoms with Crippen LogP contribution >= 0.6 is 0 Å². The molecule has 0 saturated carbocycles. The first-order valence-corrected chi connectivity index (χ1v) is 11.2. The average Bonchev–Trinajstić information content (AvgIpc) is 3.22. The summed E-state index contributed by atoms with van der Waals surface area (Å²) >= 11 is 0. The van der Waals surface area contributed by atoms with Gasteiger partial charge in [0.1, 0.15) is 5.82 Å². The molecule has 2 aromatic carbocycles. The maximum atomic E-state index is 12.3. The van der Waals surface area contributed by atoms with Crippen molar-refractivity contribution < 1.29 is 4.79 Å². The van der Waals surface area contributed by atoms with Crippen LogP contribution in [0.15, 0.2) is 54.6 Å². The Hall–Kier alpha value is -4.06. The summed E-state index contributed by atoms with van der Waals surface area (Å²) in [7, 11) is 0. The number of aryl methyl sites for hydroxylation is 1. The minimum atomic E-state index is -0.350. The van der Waals surface area contributed by atoms with E-state index in [1.165, 1.54) is 0 Å². The molecule has 4 N–H and O–H groups in total. The lowest BCUT2D eigenvalue weighted by atomic mass is 9.97.